The molecular weight excluding hydrogens is 398 g/mol. The molecule has 3 aromatic rings. The highest BCUT2D eigenvalue weighted by atomic mass is 32.2. The number of carbonyl (C=O) groups is 1. The minimum atomic E-state index is -0.0497. The van der Waals surface area contributed by atoms with E-state index in [-0.39, 0.29) is 17.2 Å². The van der Waals surface area contributed by atoms with Crippen LogP contribution in [-0.4, -0.2) is 40.3 Å². The molecule has 0 atom stereocenters. The van der Waals surface area contributed by atoms with Crippen molar-refractivity contribution >= 4 is 28.6 Å². The molecule has 0 unspecified atom stereocenters. The molecule has 0 spiro atoms. The first-order valence-corrected chi connectivity index (χ1v) is 11.0. The molecule has 1 amide bonds. The number of amides is 1. The second-order valence-electron chi connectivity index (χ2n) is 7.07. The Morgan fingerprint density at radius 2 is 1.90 bits per heavy atom. The number of para-hydroxylation sites is 2. The van der Waals surface area contributed by atoms with Gasteiger partial charge in [-0.15, -0.1) is 0 Å². The van der Waals surface area contributed by atoms with Crippen LogP contribution in [0.1, 0.15) is 25.3 Å². The number of carbonyl (C=O) groups excluding carboxylic acids is 1. The van der Waals surface area contributed by atoms with E-state index < -0.39 is 0 Å². The number of benzene rings is 2. The van der Waals surface area contributed by atoms with Crippen LogP contribution >= 0.6 is 11.8 Å². The number of unbranched alkanes of at least 4 members (excludes halogenated alkanes) is 1. The summed E-state index contributed by atoms with van der Waals surface area (Å²) in [5, 5.41) is 1.20. The van der Waals surface area contributed by atoms with Crippen molar-refractivity contribution in [3.05, 3.63) is 64.4 Å². The number of aromatic nitrogens is 2. The van der Waals surface area contributed by atoms with Crippen molar-refractivity contribution < 1.29 is 9.53 Å². The van der Waals surface area contributed by atoms with E-state index >= 15 is 0 Å². The first kappa shape index (κ1) is 21.9. The van der Waals surface area contributed by atoms with Gasteiger partial charge in [0.1, 0.15) is 5.75 Å². The molecule has 7 heteroatoms. The van der Waals surface area contributed by atoms with Crippen LogP contribution in [0.2, 0.25) is 0 Å². The van der Waals surface area contributed by atoms with E-state index in [0.717, 1.165) is 24.2 Å². The maximum Gasteiger partial charge on any atom is 0.262 e. The Morgan fingerprint density at radius 1 is 1.17 bits per heavy atom. The monoisotopic (exact) mass is 425 g/mol. The minimum absolute atomic E-state index is 0.0321. The standard InChI is InChI=1S/C23H27N3O3S/c1-4-5-14-26-22(28)18-11-7-8-12-19(18)24-23(26)30-16-21(27)25(2)15-17-10-6-9-13-20(17)29-3/h6-13H,4-5,14-16H2,1-3H3. The molecule has 1 heterocycles. The zero-order valence-corrected chi connectivity index (χ0v) is 18.4. The van der Waals surface area contributed by atoms with Crippen molar-refractivity contribution in [3.63, 3.8) is 0 Å². The third kappa shape index (κ3) is 5.02. The SMILES string of the molecule is CCCCn1c(SCC(=O)N(C)Cc2ccccc2OC)nc2ccccc2c1=O. The molecule has 6 nitrogen and oxygen atoms in total. The third-order valence-corrected chi connectivity index (χ3v) is 5.87. The summed E-state index contributed by atoms with van der Waals surface area (Å²) in [6.07, 6.45) is 1.86. The largest absolute Gasteiger partial charge is 0.496 e. The summed E-state index contributed by atoms with van der Waals surface area (Å²) in [6, 6.07) is 15.0. The van der Waals surface area contributed by atoms with Gasteiger partial charge in [0.25, 0.3) is 5.56 Å². The molecule has 3 rings (SSSR count). The molecule has 158 valence electrons. The van der Waals surface area contributed by atoms with E-state index in [1.165, 1.54) is 11.8 Å². The number of nitrogens with zero attached hydrogens (tertiary/aromatic N) is 3. The van der Waals surface area contributed by atoms with Gasteiger partial charge < -0.3 is 9.64 Å². The Balaban J connectivity index is 1.77. The summed E-state index contributed by atoms with van der Waals surface area (Å²) in [5.41, 5.74) is 1.56. The molecule has 0 bridgehead atoms. The molecule has 2 aromatic carbocycles. The van der Waals surface area contributed by atoms with Crippen molar-refractivity contribution in [1.82, 2.24) is 14.5 Å². The van der Waals surface area contributed by atoms with Crippen molar-refractivity contribution in [2.75, 3.05) is 19.9 Å². The van der Waals surface area contributed by atoms with E-state index in [9.17, 15) is 9.59 Å². The van der Waals surface area contributed by atoms with Crippen molar-refractivity contribution in [2.45, 2.75) is 38.0 Å². The number of methoxy groups -OCH3 is 1. The fourth-order valence-corrected chi connectivity index (χ4v) is 4.15. The predicted octanol–water partition coefficient (Wildman–Crippen LogP) is 3.96. The van der Waals surface area contributed by atoms with Crippen molar-refractivity contribution in [2.24, 2.45) is 0 Å². The zero-order valence-electron chi connectivity index (χ0n) is 17.6. The van der Waals surface area contributed by atoms with Crippen LogP contribution in [0.4, 0.5) is 0 Å². The van der Waals surface area contributed by atoms with E-state index in [1.807, 2.05) is 42.5 Å². The first-order valence-electron chi connectivity index (χ1n) is 10.0. The predicted molar refractivity (Wildman–Crippen MR) is 121 cm³/mol. The minimum Gasteiger partial charge on any atom is -0.496 e. The lowest BCUT2D eigenvalue weighted by Crippen LogP contribution is -2.29. The van der Waals surface area contributed by atoms with Crippen LogP contribution in [0.15, 0.2) is 58.5 Å². The van der Waals surface area contributed by atoms with Gasteiger partial charge in [-0.1, -0.05) is 55.4 Å². The summed E-state index contributed by atoms with van der Waals surface area (Å²) in [5.74, 6) is 0.937. The van der Waals surface area contributed by atoms with Gasteiger partial charge >= 0.3 is 0 Å². The average Bonchev–Trinajstić information content (AvgIpc) is 2.77. The number of ether oxygens (including phenoxy) is 1. The van der Waals surface area contributed by atoms with E-state index in [2.05, 4.69) is 11.9 Å². The first-order chi connectivity index (χ1) is 14.5. The molecule has 0 aliphatic heterocycles. The van der Waals surface area contributed by atoms with Crippen LogP contribution in [0.5, 0.6) is 5.75 Å². The van der Waals surface area contributed by atoms with Gasteiger partial charge in [-0.3, -0.25) is 14.2 Å². The molecule has 0 aliphatic rings. The van der Waals surface area contributed by atoms with E-state index in [1.54, 1.807) is 29.7 Å². The summed E-state index contributed by atoms with van der Waals surface area (Å²) < 4.78 is 7.07. The normalized spacial score (nSPS) is 10.9. The summed E-state index contributed by atoms with van der Waals surface area (Å²) in [4.78, 5) is 32.0. The number of fused-ring (bicyclic) bond motifs is 1. The molecule has 0 radical (unpaired) electrons. The quantitative estimate of drug-likeness (QED) is 0.384. The number of hydrogen-bond acceptors (Lipinski definition) is 5. The van der Waals surface area contributed by atoms with Crippen LogP contribution < -0.4 is 10.3 Å². The molecular formula is C23H27N3O3S. The highest BCUT2D eigenvalue weighted by molar-refractivity contribution is 7.99. The Labute approximate surface area is 180 Å². The highest BCUT2D eigenvalue weighted by Crippen LogP contribution is 2.21. The summed E-state index contributed by atoms with van der Waals surface area (Å²) in [6.45, 7) is 3.14. The molecule has 30 heavy (non-hydrogen) atoms. The Kier molecular flexibility index (Phi) is 7.52. The summed E-state index contributed by atoms with van der Waals surface area (Å²) >= 11 is 1.31. The molecule has 0 fully saturated rings. The van der Waals surface area contributed by atoms with Crippen molar-refractivity contribution in [3.8, 4) is 5.75 Å². The fraction of sp³-hybridized carbons (Fsp3) is 0.348. The Hall–Kier alpha value is -2.80. The van der Waals surface area contributed by atoms with Gasteiger partial charge in [0.05, 0.1) is 23.8 Å². The lowest BCUT2D eigenvalue weighted by atomic mass is 10.2. The molecule has 0 aliphatic carbocycles. The maximum absolute atomic E-state index is 12.9. The van der Waals surface area contributed by atoms with E-state index in [4.69, 9.17) is 4.74 Å². The van der Waals surface area contributed by atoms with Crippen LogP contribution in [-0.2, 0) is 17.9 Å². The number of hydrogen-bond donors (Lipinski definition) is 0. The van der Waals surface area contributed by atoms with Crippen LogP contribution in [0, 0.1) is 0 Å². The Morgan fingerprint density at radius 3 is 2.67 bits per heavy atom. The van der Waals surface area contributed by atoms with Gasteiger partial charge in [0, 0.05) is 25.7 Å². The lowest BCUT2D eigenvalue weighted by Gasteiger charge is -2.19. The highest BCUT2D eigenvalue weighted by Gasteiger charge is 2.16. The van der Waals surface area contributed by atoms with Gasteiger partial charge in [0.2, 0.25) is 5.91 Å². The number of rotatable bonds is 9. The van der Waals surface area contributed by atoms with Gasteiger partial charge in [-0.2, -0.15) is 0 Å². The van der Waals surface area contributed by atoms with E-state index in [0.29, 0.717) is 29.1 Å². The van der Waals surface area contributed by atoms with Crippen LogP contribution in [0.3, 0.4) is 0 Å². The van der Waals surface area contributed by atoms with Crippen LogP contribution in [0.25, 0.3) is 10.9 Å². The van der Waals surface area contributed by atoms with Crippen molar-refractivity contribution in [1.29, 1.82) is 0 Å². The van der Waals surface area contributed by atoms with Gasteiger partial charge in [0.15, 0.2) is 5.16 Å². The molecule has 1 aromatic heterocycles. The number of thioether (sulfide) groups is 1. The zero-order chi connectivity index (χ0) is 21.5. The topological polar surface area (TPSA) is 64.4 Å². The summed E-state index contributed by atoms with van der Waals surface area (Å²) in [7, 11) is 3.39. The lowest BCUT2D eigenvalue weighted by molar-refractivity contribution is -0.127. The van der Waals surface area contributed by atoms with Gasteiger partial charge in [-0.05, 0) is 24.6 Å². The second-order valence-corrected chi connectivity index (χ2v) is 8.01. The third-order valence-electron chi connectivity index (χ3n) is 4.91. The Bertz CT molecular complexity index is 1080. The van der Waals surface area contributed by atoms with Gasteiger partial charge in [-0.25, -0.2) is 4.98 Å². The fourth-order valence-electron chi connectivity index (χ4n) is 3.19. The smallest absolute Gasteiger partial charge is 0.262 e. The second kappa shape index (κ2) is 10.3. The average molecular weight is 426 g/mol. The molecule has 0 saturated carbocycles. The molecule has 0 N–H and O–H groups in total. The maximum atomic E-state index is 12.9. The molecule has 0 saturated heterocycles.